The van der Waals surface area contributed by atoms with E-state index in [9.17, 15) is 9.18 Å². The largest absolute Gasteiger partial charge is 0.492 e. The SMILES string of the molecule is CCOc1ccccc1NC(=O)N(Cc1ccc(F)cc1)C1CCN(CC)CC1. The van der Waals surface area contributed by atoms with Crippen LogP contribution in [0.2, 0.25) is 0 Å². The van der Waals surface area contributed by atoms with Gasteiger partial charge in [0.25, 0.3) is 0 Å². The first-order valence-corrected chi connectivity index (χ1v) is 10.4. The van der Waals surface area contributed by atoms with Gasteiger partial charge in [-0.05, 0) is 56.1 Å². The second kappa shape index (κ2) is 10.3. The van der Waals surface area contributed by atoms with E-state index in [2.05, 4.69) is 17.1 Å². The zero-order chi connectivity index (χ0) is 20.6. The van der Waals surface area contributed by atoms with Crippen LogP contribution >= 0.6 is 0 Å². The number of hydrogen-bond acceptors (Lipinski definition) is 3. The van der Waals surface area contributed by atoms with Gasteiger partial charge in [-0.1, -0.05) is 31.2 Å². The van der Waals surface area contributed by atoms with Crippen LogP contribution in [0.3, 0.4) is 0 Å². The van der Waals surface area contributed by atoms with E-state index in [0.29, 0.717) is 24.6 Å². The molecule has 0 saturated carbocycles. The molecular weight excluding hydrogens is 369 g/mol. The molecule has 6 heteroatoms. The number of carbonyl (C=O) groups is 1. The highest BCUT2D eigenvalue weighted by Crippen LogP contribution is 2.26. The Morgan fingerprint density at radius 3 is 2.48 bits per heavy atom. The quantitative estimate of drug-likeness (QED) is 0.731. The zero-order valence-corrected chi connectivity index (χ0v) is 17.2. The van der Waals surface area contributed by atoms with Crippen molar-refractivity contribution in [3.63, 3.8) is 0 Å². The monoisotopic (exact) mass is 399 g/mol. The maximum absolute atomic E-state index is 13.3. The summed E-state index contributed by atoms with van der Waals surface area (Å²) < 4.78 is 19.0. The number of amides is 2. The van der Waals surface area contributed by atoms with Crippen LogP contribution in [0.1, 0.15) is 32.3 Å². The highest BCUT2D eigenvalue weighted by Gasteiger charge is 2.28. The van der Waals surface area contributed by atoms with Crippen LogP contribution in [0, 0.1) is 5.82 Å². The van der Waals surface area contributed by atoms with Crippen LogP contribution in [0.25, 0.3) is 0 Å². The summed E-state index contributed by atoms with van der Waals surface area (Å²) in [4.78, 5) is 17.5. The van der Waals surface area contributed by atoms with Crippen LogP contribution in [0.5, 0.6) is 5.75 Å². The van der Waals surface area contributed by atoms with Crippen molar-refractivity contribution in [3.05, 3.63) is 59.9 Å². The summed E-state index contributed by atoms with van der Waals surface area (Å²) in [6.45, 7) is 8.03. The lowest BCUT2D eigenvalue weighted by Gasteiger charge is -2.38. The number of halogens is 1. The molecule has 2 aromatic rings. The Bertz CT molecular complexity index is 789. The van der Waals surface area contributed by atoms with Crippen molar-refractivity contribution in [1.29, 1.82) is 0 Å². The molecule has 1 aliphatic rings. The third kappa shape index (κ3) is 5.70. The number of hydrogen-bond donors (Lipinski definition) is 1. The third-order valence-electron chi connectivity index (χ3n) is 5.40. The maximum Gasteiger partial charge on any atom is 0.322 e. The number of para-hydroxylation sites is 2. The van der Waals surface area contributed by atoms with Crippen molar-refractivity contribution in [3.8, 4) is 5.75 Å². The molecule has 29 heavy (non-hydrogen) atoms. The van der Waals surface area contributed by atoms with Crippen LogP contribution in [0.15, 0.2) is 48.5 Å². The number of anilines is 1. The normalized spacial score (nSPS) is 15.1. The Balaban J connectivity index is 1.78. The van der Waals surface area contributed by atoms with E-state index >= 15 is 0 Å². The molecule has 1 N–H and O–H groups in total. The van der Waals surface area contributed by atoms with E-state index in [1.807, 2.05) is 36.1 Å². The van der Waals surface area contributed by atoms with Crippen molar-refractivity contribution in [2.45, 2.75) is 39.3 Å². The summed E-state index contributed by atoms with van der Waals surface area (Å²) in [6.07, 6.45) is 1.85. The van der Waals surface area contributed by atoms with Crippen LogP contribution in [-0.2, 0) is 6.54 Å². The molecule has 0 radical (unpaired) electrons. The predicted molar refractivity (Wildman–Crippen MR) is 114 cm³/mol. The molecule has 0 unspecified atom stereocenters. The van der Waals surface area contributed by atoms with Gasteiger partial charge in [-0.15, -0.1) is 0 Å². The number of ether oxygens (including phenoxy) is 1. The van der Waals surface area contributed by atoms with E-state index in [1.165, 1.54) is 12.1 Å². The minimum Gasteiger partial charge on any atom is -0.492 e. The number of nitrogens with zero attached hydrogens (tertiary/aromatic N) is 2. The van der Waals surface area contributed by atoms with Crippen LogP contribution in [0.4, 0.5) is 14.9 Å². The zero-order valence-electron chi connectivity index (χ0n) is 17.2. The summed E-state index contributed by atoms with van der Waals surface area (Å²) in [5.41, 5.74) is 1.58. The molecule has 2 aromatic carbocycles. The Morgan fingerprint density at radius 2 is 1.83 bits per heavy atom. The van der Waals surface area contributed by atoms with Gasteiger partial charge in [0.05, 0.1) is 12.3 Å². The summed E-state index contributed by atoms with van der Waals surface area (Å²) in [5.74, 6) is 0.387. The average Bonchev–Trinajstić information content (AvgIpc) is 2.75. The molecule has 5 nitrogen and oxygen atoms in total. The van der Waals surface area contributed by atoms with Gasteiger partial charge in [0.15, 0.2) is 0 Å². The number of benzene rings is 2. The molecule has 0 aromatic heterocycles. The van der Waals surface area contributed by atoms with Crippen LogP contribution in [-0.4, -0.2) is 48.1 Å². The minimum absolute atomic E-state index is 0.141. The van der Waals surface area contributed by atoms with Crippen molar-refractivity contribution in [2.75, 3.05) is 31.6 Å². The Morgan fingerprint density at radius 1 is 1.14 bits per heavy atom. The van der Waals surface area contributed by atoms with Gasteiger partial charge in [0.1, 0.15) is 11.6 Å². The van der Waals surface area contributed by atoms with E-state index in [1.54, 1.807) is 12.1 Å². The number of rotatable bonds is 7. The van der Waals surface area contributed by atoms with E-state index in [4.69, 9.17) is 4.74 Å². The molecule has 1 saturated heterocycles. The maximum atomic E-state index is 13.3. The highest BCUT2D eigenvalue weighted by molar-refractivity contribution is 5.91. The molecule has 0 aliphatic carbocycles. The van der Waals surface area contributed by atoms with Crippen molar-refractivity contribution in [1.82, 2.24) is 9.80 Å². The van der Waals surface area contributed by atoms with Gasteiger partial charge in [0.2, 0.25) is 0 Å². The van der Waals surface area contributed by atoms with Gasteiger partial charge in [-0.3, -0.25) is 0 Å². The van der Waals surface area contributed by atoms with Gasteiger partial charge in [-0.2, -0.15) is 0 Å². The molecule has 0 spiro atoms. The molecule has 1 heterocycles. The molecule has 156 valence electrons. The average molecular weight is 400 g/mol. The summed E-state index contributed by atoms with van der Waals surface area (Å²) in [6, 6.07) is 13.8. The lowest BCUT2D eigenvalue weighted by molar-refractivity contribution is 0.126. The molecule has 0 atom stereocenters. The third-order valence-corrected chi connectivity index (χ3v) is 5.40. The van der Waals surface area contributed by atoms with E-state index < -0.39 is 0 Å². The van der Waals surface area contributed by atoms with Crippen molar-refractivity contribution >= 4 is 11.7 Å². The van der Waals surface area contributed by atoms with Gasteiger partial charge in [0, 0.05) is 25.7 Å². The number of likely N-dealkylation sites (tertiary alicyclic amines) is 1. The second-order valence-electron chi connectivity index (χ2n) is 7.28. The van der Waals surface area contributed by atoms with Crippen LogP contribution < -0.4 is 10.1 Å². The Hall–Kier alpha value is -2.60. The topological polar surface area (TPSA) is 44.8 Å². The van der Waals surface area contributed by atoms with Crippen molar-refractivity contribution < 1.29 is 13.9 Å². The van der Waals surface area contributed by atoms with Gasteiger partial charge >= 0.3 is 6.03 Å². The summed E-state index contributed by atoms with van der Waals surface area (Å²) in [7, 11) is 0. The summed E-state index contributed by atoms with van der Waals surface area (Å²) >= 11 is 0. The molecule has 3 rings (SSSR count). The predicted octanol–water partition coefficient (Wildman–Crippen LogP) is 4.74. The number of nitrogens with one attached hydrogen (secondary N) is 1. The minimum atomic E-state index is -0.272. The Kier molecular flexibility index (Phi) is 7.47. The first kappa shape index (κ1) is 21.1. The van der Waals surface area contributed by atoms with Gasteiger partial charge in [-0.25, -0.2) is 9.18 Å². The lowest BCUT2D eigenvalue weighted by atomic mass is 10.0. The van der Waals surface area contributed by atoms with E-state index in [0.717, 1.165) is 38.0 Å². The smallest absolute Gasteiger partial charge is 0.322 e. The fourth-order valence-electron chi connectivity index (χ4n) is 3.74. The lowest BCUT2D eigenvalue weighted by Crippen LogP contribution is -2.48. The number of piperidine rings is 1. The second-order valence-corrected chi connectivity index (χ2v) is 7.28. The standard InChI is InChI=1S/C23H30FN3O2/c1-3-26-15-13-20(14-16-26)27(17-18-9-11-19(24)12-10-18)23(28)25-21-7-5-6-8-22(21)29-4-2/h5-12,20H,3-4,13-17H2,1-2H3,(H,25,28). The fraction of sp³-hybridized carbons (Fsp3) is 0.435. The first-order chi connectivity index (χ1) is 14.1. The van der Waals surface area contributed by atoms with Gasteiger partial charge < -0.3 is 19.9 Å². The molecule has 1 aliphatic heterocycles. The van der Waals surface area contributed by atoms with E-state index in [-0.39, 0.29) is 17.9 Å². The number of carbonyl (C=O) groups excluding carboxylic acids is 1. The number of urea groups is 1. The fourth-order valence-corrected chi connectivity index (χ4v) is 3.74. The first-order valence-electron chi connectivity index (χ1n) is 10.4. The Labute approximate surface area is 172 Å². The molecule has 2 amide bonds. The summed E-state index contributed by atoms with van der Waals surface area (Å²) in [5, 5.41) is 3.02. The molecular formula is C23H30FN3O2. The molecule has 0 bridgehead atoms. The molecule has 1 fully saturated rings. The van der Waals surface area contributed by atoms with Crippen molar-refractivity contribution in [2.24, 2.45) is 0 Å². The highest BCUT2D eigenvalue weighted by atomic mass is 19.1.